The van der Waals surface area contributed by atoms with Crippen molar-refractivity contribution in [1.82, 2.24) is 30.6 Å². The third-order valence-corrected chi connectivity index (χ3v) is 2.17. The average molecular weight is 248 g/mol. The lowest BCUT2D eigenvalue weighted by atomic mass is 10.4. The first kappa shape index (κ1) is 11.9. The van der Waals surface area contributed by atoms with Crippen molar-refractivity contribution in [2.24, 2.45) is 5.73 Å². The van der Waals surface area contributed by atoms with Crippen molar-refractivity contribution in [2.45, 2.75) is 13.3 Å². The summed E-state index contributed by atoms with van der Waals surface area (Å²) in [6, 6.07) is 0. The molecule has 0 radical (unpaired) electrons. The fourth-order valence-corrected chi connectivity index (χ4v) is 1.42. The monoisotopic (exact) mass is 248 g/mol. The average Bonchev–Trinajstić information content (AvgIpc) is 2.89. The molecule has 0 aliphatic carbocycles. The van der Waals surface area contributed by atoms with Gasteiger partial charge in [0.05, 0.1) is 12.4 Å². The van der Waals surface area contributed by atoms with Gasteiger partial charge < -0.3 is 5.73 Å². The molecule has 2 aromatic rings. The van der Waals surface area contributed by atoms with Crippen LogP contribution in [0.25, 0.3) is 0 Å². The smallest absolute Gasteiger partial charge is 0.271 e. The van der Waals surface area contributed by atoms with E-state index in [1.165, 1.54) is 12.4 Å². The van der Waals surface area contributed by atoms with Crippen LogP contribution in [0.1, 0.15) is 23.8 Å². The van der Waals surface area contributed by atoms with Crippen molar-refractivity contribution in [3.05, 3.63) is 18.1 Å². The highest BCUT2D eigenvalue weighted by atomic mass is 16.1. The maximum absolute atomic E-state index is 11.1. The number of H-pyrrole nitrogens is 1. The van der Waals surface area contributed by atoms with Gasteiger partial charge in [0.25, 0.3) is 11.9 Å². The van der Waals surface area contributed by atoms with E-state index < -0.39 is 5.91 Å². The molecule has 3 N–H and O–H groups in total. The fourth-order valence-electron chi connectivity index (χ4n) is 1.42. The van der Waals surface area contributed by atoms with Crippen LogP contribution < -0.4 is 10.6 Å². The van der Waals surface area contributed by atoms with Crippen LogP contribution in [0.2, 0.25) is 0 Å². The summed E-state index contributed by atoms with van der Waals surface area (Å²) in [5, 5.41) is 13.6. The first-order chi connectivity index (χ1) is 8.72. The predicted molar refractivity (Wildman–Crippen MR) is 62.0 cm³/mol. The Labute approximate surface area is 102 Å². The molecule has 0 aliphatic rings. The molecule has 0 spiro atoms. The lowest BCUT2D eigenvalue weighted by Crippen LogP contribution is -2.22. The zero-order valence-corrected chi connectivity index (χ0v) is 9.74. The number of aromatic amines is 1. The zero-order chi connectivity index (χ0) is 13.0. The lowest BCUT2D eigenvalue weighted by molar-refractivity contribution is 0.0995. The van der Waals surface area contributed by atoms with Crippen LogP contribution in [0.3, 0.4) is 0 Å². The molecule has 0 fully saturated rings. The molecule has 0 atom stereocenters. The summed E-state index contributed by atoms with van der Waals surface area (Å²) >= 11 is 0. The summed E-state index contributed by atoms with van der Waals surface area (Å²) in [5.41, 5.74) is 5.26. The van der Waals surface area contributed by atoms with Crippen LogP contribution in [0.15, 0.2) is 12.4 Å². The third kappa shape index (κ3) is 2.39. The molecule has 0 aliphatic heterocycles. The van der Waals surface area contributed by atoms with Crippen molar-refractivity contribution in [3.63, 3.8) is 0 Å². The van der Waals surface area contributed by atoms with Gasteiger partial charge in [0, 0.05) is 6.54 Å². The predicted octanol–water partition coefficient (Wildman–Crippen LogP) is -0.363. The highest BCUT2D eigenvalue weighted by Crippen LogP contribution is 2.18. The highest BCUT2D eigenvalue weighted by Gasteiger charge is 2.15. The molecule has 1 amide bonds. The van der Waals surface area contributed by atoms with Gasteiger partial charge >= 0.3 is 0 Å². The summed E-state index contributed by atoms with van der Waals surface area (Å²) in [4.78, 5) is 20.8. The van der Waals surface area contributed by atoms with E-state index in [1.807, 2.05) is 6.92 Å². The number of rotatable bonds is 5. The number of anilines is 2. The molecule has 18 heavy (non-hydrogen) atoms. The lowest BCUT2D eigenvalue weighted by Gasteiger charge is -2.18. The third-order valence-electron chi connectivity index (χ3n) is 2.17. The summed E-state index contributed by atoms with van der Waals surface area (Å²) in [5.74, 6) is 0.191. The second-order valence-corrected chi connectivity index (χ2v) is 3.49. The van der Waals surface area contributed by atoms with Crippen LogP contribution >= 0.6 is 0 Å². The van der Waals surface area contributed by atoms with Crippen LogP contribution in [0, 0.1) is 0 Å². The van der Waals surface area contributed by atoms with E-state index >= 15 is 0 Å². The Morgan fingerprint density at radius 1 is 1.50 bits per heavy atom. The number of tetrazole rings is 1. The standard InChI is InChI=1S/C9H12N8O/c1-2-3-17(9-13-15-16-14-9)7-5-11-4-6(12-7)8(10)18/h4-5H,2-3H2,1H3,(H2,10,18)(H,13,14,15,16). The minimum Gasteiger partial charge on any atom is -0.364 e. The maximum Gasteiger partial charge on any atom is 0.271 e. The first-order valence-electron chi connectivity index (χ1n) is 5.35. The van der Waals surface area contributed by atoms with Crippen LogP contribution in [-0.2, 0) is 0 Å². The largest absolute Gasteiger partial charge is 0.364 e. The van der Waals surface area contributed by atoms with Gasteiger partial charge in [-0.25, -0.2) is 4.98 Å². The van der Waals surface area contributed by atoms with Gasteiger partial charge in [-0.2, -0.15) is 5.21 Å². The van der Waals surface area contributed by atoms with E-state index in [0.717, 1.165) is 6.42 Å². The summed E-state index contributed by atoms with van der Waals surface area (Å²) in [7, 11) is 0. The second kappa shape index (κ2) is 5.17. The van der Waals surface area contributed by atoms with Gasteiger partial charge in [-0.05, 0) is 11.6 Å². The van der Waals surface area contributed by atoms with E-state index in [2.05, 4.69) is 30.6 Å². The SMILES string of the molecule is CCCN(c1cncc(C(N)=O)n1)c1nn[nH]n1. The number of hydrogen-bond donors (Lipinski definition) is 2. The van der Waals surface area contributed by atoms with E-state index in [9.17, 15) is 4.79 Å². The Morgan fingerprint density at radius 3 is 2.94 bits per heavy atom. The molecule has 2 heterocycles. The van der Waals surface area contributed by atoms with Crippen LogP contribution in [0.4, 0.5) is 11.8 Å². The van der Waals surface area contributed by atoms with Crippen molar-refractivity contribution < 1.29 is 4.79 Å². The molecule has 2 aromatic heterocycles. The van der Waals surface area contributed by atoms with Crippen molar-refractivity contribution in [3.8, 4) is 0 Å². The topological polar surface area (TPSA) is 127 Å². The summed E-state index contributed by atoms with van der Waals surface area (Å²) in [6.45, 7) is 2.62. The summed E-state index contributed by atoms with van der Waals surface area (Å²) in [6.07, 6.45) is 3.67. The number of hydrogen-bond acceptors (Lipinski definition) is 7. The quantitative estimate of drug-likeness (QED) is 0.739. The molecular formula is C9H12N8O. The molecular weight excluding hydrogens is 236 g/mol. The van der Waals surface area contributed by atoms with Gasteiger partial charge in [-0.3, -0.25) is 14.7 Å². The number of primary amides is 1. The number of aromatic nitrogens is 6. The van der Waals surface area contributed by atoms with Gasteiger partial charge in [0.15, 0.2) is 5.82 Å². The molecule has 9 heteroatoms. The van der Waals surface area contributed by atoms with E-state index in [-0.39, 0.29) is 5.69 Å². The van der Waals surface area contributed by atoms with Gasteiger partial charge in [0.1, 0.15) is 5.69 Å². The number of nitrogens with one attached hydrogen (secondary N) is 1. The first-order valence-corrected chi connectivity index (χ1v) is 5.35. The van der Waals surface area contributed by atoms with Gasteiger partial charge in [-0.15, -0.1) is 5.10 Å². The molecule has 0 saturated heterocycles. The molecule has 0 bridgehead atoms. The molecule has 0 unspecified atom stereocenters. The Bertz CT molecular complexity index is 525. The zero-order valence-electron chi connectivity index (χ0n) is 9.74. The Balaban J connectivity index is 2.36. The van der Waals surface area contributed by atoms with Crippen LogP contribution in [0.5, 0.6) is 0 Å². The summed E-state index contributed by atoms with van der Waals surface area (Å²) < 4.78 is 0. The van der Waals surface area contributed by atoms with E-state index in [0.29, 0.717) is 18.3 Å². The van der Waals surface area contributed by atoms with Crippen molar-refractivity contribution in [1.29, 1.82) is 0 Å². The van der Waals surface area contributed by atoms with Crippen LogP contribution in [-0.4, -0.2) is 43.0 Å². The normalized spacial score (nSPS) is 10.3. The Hall–Kier alpha value is -2.58. The van der Waals surface area contributed by atoms with Crippen molar-refractivity contribution in [2.75, 3.05) is 11.4 Å². The number of carbonyl (C=O) groups is 1. The number of nitrogens with two attached hydrogens (primary N) is 1. The number of carbonyl (C=O) groups excluding carboxylic acids is 1. The highest BCUT2D eigenvalue weighted by molar-refractivity contribution is 5.90. The molecule has 0 saturated carbocycles. The maximum atomic E-state index is 11.1. The number of amides is 1. The van der Waals surface area contributed by atoms with E-state index in [4.69, 9.17) is 5.73 Å². The Morgan fingerprint density at radius 2 is 2.33 bits per heavy atom. The minimum atomic E-state index is -0.631. The molecule has 0 aromatic carbocycles. The van der Waals surface area contributed by atoms with Gasteiger partial charge in [0.2, 0.25) is 0 Å². The minimum absolute atomic E-state index is 0.0945. The fraction of sp³-hybridized carbons (Fsp3) is 0.333. The second-order valence-electron chi connectivity index (χ2n) is 3.49. The van der Waals surface area contributed by atoms with Crippen molar-refractivity contribution >= 4 is 17.7 Å². The van der Waals surface area contributed by atoms with E-state index in [1.54, 1.807) is 4.90 Å². The number of nitrogens with zero attached hydrogens (tertiary/aromatic N) is 6. The molecule has 9 nitrogen and oxygen atoms in total. The molecule has 94 valence electrons. The van der Waals surface area contributed by atoms with Gasteiger partial charge in [-0.1, -0.05) is 12.0 Å². The Kier molecular flexibility index (Phi) is 3.41. The molecule has 2 rings (SSSR count).